The Hall–Kier alpha value is -6.16. The van der Waals surface area contributed by atoms with Crippen LogP contribution >= 0.6 is 0 Å². The van der Waals surface area contributed by atoms with Crippen molar-refractivity contribution in [2.75, 3.05) is 9.80 Å². The van der Waals surface area contributed by atoms with Crippen LogP contribution in [0.3, 0.4) is 0 Å². The van der Waals surface area contributed by atoms with Crippen LogP contribution in [-0.4, -0.2) is 9.61 Å². The first kappa shape index (κ1) is 43.7. The van der Waals surface area contributed by atoms with Gasteiger partial charge in [-0.2, -0.15) is 11.2 Å². The summed E-state index contributed by atoms with van der Waals surface area (Å²) in [7, 11) is 0. The van der Waals surface area contributed by atoms with E-state index in [4.69, 9.17) is 9.84 Å². The molecule has 2 aliphatic rings. The van der Waals surface area contributed by atoms with Crippen molar-refractivity contribution < 1.29 is 25.8 Å². The van der Waals surface area contributed by atoms with Gasteiger partial charge in [-0.05, 0) is 90.9 Å². The number of hydrogen-bond acceptors (Lipinski definition) is 4. The molecule has 0 saturated heterocycles. The summed E-state index contributed by atoms with van der Waals surface area (Å²) >= 11 is 0. The average molecular weight is 1040 g/mol. The number of pyridine rings is 1. The summed E-state index contributed by atoms with van der Waals surface area (Å²) in [5.74, 6) is 1.25. The Labute approximate surface area is 404 Å². The van der Waals surface area contributed by atoms with Crippen molar-refractivity contribution in [3.8, 4) is 33.8 Å². The Morgan fingerprint density at radius 1 is 0.545 bits per heavy atom. The Balaban J connectivity index is 0.00000511. The molecule has 0 N–H and O–H groups in total. The summed E-state index contributed by atoms with van der Waals surface area (Å²) in [5.41, 5.74) is 15.5. The van der Waals surface area contributed by atoms with E-state index in [0.717, 1.165) is 50.3 Å². The molecule has 66 heavy (non-hydrogen) atoms. The Morgan fingerprint density at radius 3 is 1.74 bits per heavy atom. The largest absolute Gasteiger partial charge is 0.509 e. The molecule has 0 spiro atoms. The maximum Gasteiger partial charge on any atom is 0.0752 e. The zero-order valence-corrected chi connectivity index (χ0v) is 41.7. The smallest absolute Gasteiger partial charge is 0.0752 e. The van der Waals surface area contributed by atoms with E-state index in [1.54, 1.807) is 0 Å². The molecule has 3 heterocycles. The molecule has 0 amide bonds. The van der Waals surface area contributed by atoms with Gasteiger partial charge in [-0.25, -0.2) is 0 Å². The number of rotatable bonds is 6. The monoisotopic (exact) mass is 1040 g/mol. The number of benzene rings is 7. The van der Waals surface area contributed by atoms with Crippen molar-refractivity contribution in [1.29, 1.82) is 0 Å². The van der Waals surface area contributed by atoms with E-state index in [-0.39, 0.29) is 42.7 Å². The minimum atomic E-state index is -0.171. The fourth-order valence-corrected chi connectivity index (χ4v) is 9.95. The van der Waals surface area contributed by atoms with Crippen LogP contribution < -0.4 is 14.5 Å². The van der Waals surface area contributed by atoms with E-state index >= 15 is 0 Å². The van der Waals surface area contributed by atoms with Crippen LogP contribution in [0.2, 0.25) is 0 Å². The topological polar surface area (TPSA) is 33.0 Å². The maximum atomic E-state index is 6.90. The van der Waals surface area contributed by atoms with Gasteiger partial charge in [-0.3, -0.25) is 4.52 Å². The molecule has 11 rings (SSSR count). The molecule has 6 heteroatoms. The Kier molecular flexibility index (Phi) is 10.2. The summed E-state index contributed by atoms with van der Waals surface area (Å²) in [4.78, 5) is 4.54. The number of para-hydroxylation sites is 2. The van der Waals surface area contributed by atoms with Crippen molar-refractivity contribution in [2.24, 2.45) is 0 Å². The molecule has 334 valence electrons. The van der Waals surface area contributed by atoms with Crippen LogP contribution in [0.4, 0.5) is 22.7 Å². The van der Waals surface area contributed by atoms with Gasteiger partial charge in [0.2, 0.25) is 0 Å². The standard InChI is InChI=1S/C60H55N4O.Pt/c1-57(2,3)42-30-45(63-37-62(52-23-17-18-24-53(52)63)44-28-40(38-19-13-11-14-20-38)27-41(29-44)39-21-15-12-16-22-39)34-47(31-42)65-46-25-26-48-49-32-43(58(4,5)6)33-50-55(49)56-51(60(9,10)59(50,7)8)36-61-64(56)54(48)35-46;/h11-33,36-37H,1-10H3;/q-3;. The van der Waals surface area contributed by atoms with E-state index in [1.165, 1.54) is 44.1 Å². The summed E-state index contributed by atoms with van der Waals surface area (Å²) < 4.78 is 9.01. The number of anilines is 4. The third kappa shape index (κ3) is 6.96. The number of aromatic nitrogens is 2. The molecule has 5 nitrogen and oxygen atoms in total. The van der Waals surface area contributed by atoms with Gasteiger partial charge < -0.3 is 14.5 Å². The van der Waals surface area contributed by atoms with Crippen LogP contribution in [0.25, 0.3) is 49.4 Å². The molecule has 9 aromatic rings. The fourth-order valence-electron chi connectivity index (χ4n) is 9.95. The zero-order chi connectivity index (χ0) is 45.2. The second kappa shape index (κ2) is 15.5. The van der Waals surface area contributed by atoms with E-state index in [9.17, 15) is 0 Å². The normalized spacial score (nSPS) is 15.1. The predicted octanol–water partition coefficient (Wildman–Crippen LogP) is 15.9. The second-order valence-corrected chi connectivity index (χ2v) is 21.2. The average Bonchev–Trinajstić information content (AvgIpc) is 3.92. The first-order valence-electron chi connectivity index (χ1n) is 22.9. The summed E-state index contributed by atoms with van der Waals surface area (Å²) in [6.45, 7) is 25.4. The van der Waals surface area contributed by atoms with Crippen molar-refractivity contribution in [3.05, 3.63) is 187 Å². The second-order valence-electron chi connectivity index (χ2n) is 21.2. The molecule has 0 fully saturated rings. The van der Waals surface area contributed by atoms with E-state index in [2.05, 4.69) is 248 Å². The van der Waals surface area contributed by atoms with Crippen molar-refractivity contribution in [2.45, 2.75) is 90.9 Å². The molecule has 0 saturated carbocycles. The molecule has 0 atom stereocenters. The molecule has 7 aromatic carbocycles. The maximum absolute atomic E-state index is 6.90. The van der Waals surface area contributed by atoms with Crippen LogP contribution in [0.5, 0.6) is 11.5 Å². The zero-order valence-electron chi connectivity index (χ0n) is 39.4. The molecule has 0 unspecified atom stereocenters. The third-order valence-corrected chi connectivity index (χ3v) is 14.5. The van der Waals surface area contributed by atoms with Gasteiger partial charge in [0.15, 0.2) is 0 Å². The van der Waals surface area contributed by atoms with Gasteiger partial charge in [0, 0.05) is 60.6 Å². The Bertz CT molecular complexity index is 3300. The van der Waals surface area contributed by atoms with Crippen LogP contribution in [-0.2, 0) is 42.7 Å². The summed E-state index contributed by atoms with van der Waals surface area (Å²) in [5, 5.41) is 8.74. The van der Waals surface area contributed by atoms with Crippen molar-refractivity contribution >= 4 is 49.9 Å². The summed E-state index contributed by atoms with van der Waals surface area (Å²) in [6, 6.07) is 57.7. The Morgan fingerprint density at radius 2 is 1.12 bits per heavy atom. The van der Waals surface area contributed by atoms with Gasteiger partial charge >= 0.3 is 0 Å². The SMILES string of the molecule is CC(C)(C)c1cc(Oc2[c-]c3c(cc2)c2cc(C(C)(C)C)cc4c2c2c(cnn32)C(C)(C)C4(C)C)[c-]c(N2[CH-]N(c3cc(-c4ccccc4)cc(-c4ccccc4)c3)c3ccccc32)c1.[Pt]. The van der Waals surface area contributed by atoms with Crippen molar-refractivity contribution in [1.82, 2.24) is 9.61 Å². The van der Waals surface area contributed by atoms with Crippen LogP contribution in [0.15, 0.2) is 146 Å². The first-order valence-corrected chi connectivity index (χ1v) is 22.9. The molecule has 0 radical (unpaired) electrons. The molecule has 0 bridgehead atoms. The molecule has 1 aliphatic carbocycles. The van der Waals surface area contributed by atoms with Crippen LogP contribution in [0, 0.1) is 18.8 Å². The van der Waals surface area contributed by atoms with Gasteiger partial charge in [-0.15, -0.1) is 53.6 Å². The minimum Gasteiger partial charge on any atom is -0.509 e. The number of hydrogen-bond donors (Lipinski definition) is 0. The van der Waals surface area contributed by atoms with Gasteiger partial charge in [-0.1, -0.05) is 160 Å². The van der Waals surface area contributed by atoms with Crippen LogP contribution in [0.1, 0.15) is 91.5 Å². The quantitative estimate of drug-likeness (QED) is 0.123. The number of nitrogens with zero attached hydrogens (tertiary/aromatic N) is 4. The van der Waals surface area contributed by atoms with E-state index in [1.807, 2.05) is 0 Å². The third-order valence-electron chi connectivity index (χ3n) is 14.5. The number of ether oxygens (including phenoxy) is 1. The van der Waals surface area contributed by atoms with E-state index < -0.39 is 0 Å². The molecule has 2 aromatic heterocycles. The fraction of sp³-hybridized carbons (Fsp3) is 0.233. The minimum absolute atomic E-state index is 0. The summed E-state index contributed by atoms with van der Waals surface area (Å²) in [6.07, 6.45) is 2.08. The van der Waals surface area contributed by atoms with Crippen molar-refractivity contribution in [3.63, 3.8) is 0 Å². The molecule has 1 aliphatic heterocycles. The van der Waals surface area contributed by atoms with Gasteiger partial charge in [0.1, 0.15) is 0 Å². The number of fused-ring (bicyclic) bond motifs is 4. The van der Waals surface area contributed by atoms with E-state index in [0.29, 0.717) is 11.5 Å². The predicted molar refractivity (Wildman–Crippen MR) is 270 cm³/mol. The molecular formula is C60H55N4OPt-3. The molecular weight excluding hydrogens is 988 g/mol. The van der Waals surface area contributed by atoms with Gasteiger partial charge in [0.05, 0.1) is 11.7 Å². The first-order chi connectivity index (χ1) is 31.0. The van der Waals surface area contributed by atoms with Gasteiger partial charge in [0.25, 0.3) is 0 Å².